The number of aromatic nitrogens is 3. The zero-order chi connectivity index (χ0) is 28.6. The summed E-state index contributed by atoms with van der Waals surface area (Å²) >= 11 is 0. The van der Waals surface area contributed by atoms with Gasteiger partial charge in [-0.05, 0) is 48.4 Å². The third-order valence-electron chi connectivity index (χ3n) is 8.16. The lowest BCUT2D eigenvalue weighted by atomic mass is 9.88. The topological polar surface area (TPSA) is 124 Å². The number of nitrogens with zero attached hydrogens (tertiary/aromatic N) is 6. The summed E-state index contributed by atoms with van der Waals surface area (Å²) in [5.41, 5.74) is 2.29. The second kappa shape index (κ2) is 11.2. The van der Waals surface area contributed by atoms with Gasteiger partial charge in [-0.2, -0.15) is 10.2 Å². The van der Waals surface area contributed by atoms with Gasteiger partial charge in [0.1, 0.15) is 21.5 Å². The van der Waals surface area contributed by atoms with E-state index < -0.39 is 9.84 Å². The van der Waals surface area contributed by atoms with Crippen molar-refractivity contribution in [2.45, 2.75) is 45.3 Å². The molecule has 0 bridgehead atoms. The number of pyridine rings is 1. The minimum atomic E-state index is -3.02. The van der Waals surface area contributed by atoms with E-state index in [1.807, 2.05) is 17.2 Å². The summed E-state index contributed by atoms with van der Waals surface area (Å²) in [5, 5.41) is 15.1. The zero-order valence-electron chi connectivity index (χ0n) is 23.7. The van der Waals surface area contributed by atoms with Crippen molar-refractivity contribution in [3.63, 3.8) is 0 Å². The smallest absolute Gasteiger partial charge is 0.227 e. The zero-order valence-corrected chi connectivity index (χ0v) is 24.5. The van der Waals surface area contributed by atoms with Gasteiger partial charge in [0.25, 0.3) is 0 Å². The molecule has 4 heterocycles. The summed E-state index contributed by atoms with van der Waals surface area (Å²) in [6.07, 6.45) is 5.58. The van der Waals surface area contributed by atoms with E-state index >= 15 is 0 Å². The summed E-state index contributed by atoms with van der Waals surface area (Å²) in [6.45, 7) is 8.39. The number of nitrogens with one attached hydrogen (secondary N) is 1. The van der Waals surface area contributed by atoms with Gasteiger partial charge in [-0.15, -0.1) is 0 Å². The maximum atomic E-state index is 11.8. The molecule has 10 nitrogen and oxygen atoms in total. The van der Waals surface area contributed by atoms with Gasteiger partial charge in [-0.3, -0.25) is 0 Å². The molecule has 5 rings (SSSR count). The van der Waals surface area contributed by atoms with E-state index in [4.69, 9.17) is 14.7 Å². The van der Waals surface area contributed by atoms with Gasteiger partial charge >= 0.3 is 0 Å². The number of benzene rings is 1. The lowest BCUT2D eigenvalue weighted by molar-refractivity contribution is 0.0566. The molecular weight excluding hydrogens is 526 g/mol. The first-order valence-electron chi connectivity index (χ1n) is 13.7. The quantitative estimate of drug-likeness (QED) is 0.428. The first kappa shape index (κ1) is 28.1. The number of sulfone groups is 1. The first-order valence-corrected chi connectivity index (χ1v) is 15.8. The Hall–Kier alpha value is -3.49. The van der Waals surface area contributed by atoms with Crippen molar-refractivity contribution >= 4 is 43.9 Å². The number of nitriles is 1. The van der Waals surface area contributed by atoms with E-state index in [9.17, 15) is 13.7 Å². The molecule has 2 aliphatic rings. The van der Waals surface area contributed by atoms with E-state index in [0.29, 0.717) is 36.6 Å². The Morgan fingerprint density at radius 1 is 1.18 bits per heavy atom. The third kappa shape index (κ3) is 5.69. The molecule has 2 fully saturated rings. The maximum Gasteiger partial charge on any atom is 0.227 e. The Bertz CT molecular complexity index is 1540. The number of hydrogen-bond donors (Lipinski definition) is 1. The monoisotopic (exact) mass is 563 g/mol. The van der Waals surface area contributed by atoms with Gasteiger partial charge in [-0.1, -0.05) is 19.9 Å². The van der Waals surface area contributed by atoms with Crippen LogP contribution in [0.1, 0.15) is 38.7 Å². The van der Waals surface area contributed by atoms with Crippen LogP contribution in [0.15, 0.2) is 36.7 Å². The van der Waals surface area contributed by atoms with Crippen LogP contribution in [0.2, 0.25) is 0 Å². The van der Waals surface area contributed by atoms with Crippen LogP contribution in [0.3, 0.4) is 0 Å². The fourth-order valence-electron chi connectivity index (χ4n) is 5.88. The van der Waals surface area contributed by atoms with Gasteiger partial charge < -0.3 is 19.9 Å². The predicted octanol–water partition coefficient (Wildman–Crippen LogP) is 4.13. The van der Waals surface area contributed by atoms with E-state index in [1.54, 1.807) is 13.3 Å². The molecule has 40 heavy (non-hydrogen) atoms. The molecule has 2 saturated heterocycles. The Labute approximate surface area is 236 Å². The van der Waals surface area contributed by atoms with Crippen molar-refractivity contribution in [1.82, 2.24) is 15.0 Å². The molecule has 1 aromatic carbocycles. The van der Waals surface area contributed by atoms with Crippen LogP contribution in [0.5, 0.6) is 0 Å². The van der Waals surface area contributed by atoms with Gasteiger partial charge in [-0.25, -0.2) is 18.4 Å². The second-order valence-corrected chi connectivity index (χ2v) is 13.5. The van der Waals surface area contributed by atoms with E-state index in [0.717, 1.165) is 29.4 Å². The molecule has 1 N–H and O–H groups in total. The van der Waals surface area contributed by atoms with Crippen LogP contribution in [0, 0.1) is 23.2 Å². The number of anilines is 4. The van der Waals surface area contributed by atoms with Gasteiger partial charge in [0.05, 0.1) is 23.8 Å². The van der Waals surface area contributed by atoms with Crippen LogP contribution >= 0.6 is 0 Å². The Kier molecular flexibility index (Phi) is 7.84. The number of rotatable bonds is 8. The fourth-order valence-corrected chi connectivity index (χ4v) is 7.04. The molecule has 212 valence electrons. The molecule has 0 unspecified atom stereocenters. The van der Waals surface area contributed by atoms with E-state index in [1.165, 1.54) is 11.8 Å². The van der Waals surface area contributed by atoms with Crippen LogP contribution in [0.25, 0.3) is 10.8 Å². The number of piperidine rings is 1. The highest BCUT2D eigenvalue weighted by atomic mass is 32.2. The summed E-state index contributed by atoms with van der Waals surface area (Å²) < 4.78 is 29.2. The van der Waals surface area contributed by atoms with Crippen molar-refractivity contribution in [2.75, 3.05) is 53.9 Å². The van der Waals surface area contributed by atoms with Crippen LogP contribution in [0.4, 0.5) is 23.3 Å². The number of ether oxygens (including phenoxy) is 1. The minimum absolute atomic E-state index is 0.0748. The van der Waals surface area contributed by atoms with Gasteiger partial charge in [0.15, 0.2) is 0 Å². The van der Waals surface area contributed by atoms with Gasteiger partial charge in [0, 0.05) is 68.4 Å². The molecule has 11 heteroatoms. The molecule has 0 spiro atoms. The third-order valence-corrected chi connectivity index (χ3v) is 9.20. The normalized spacial score (nSPS) is 23.2. The largest absolute Gasteiger partial charge is 0.380 e. The molecule has 2 aliphatic heterocycles. The van der Waals surface area contributed by atoms with Crippen molar-refractivity contribution in [2.24, 2.45) is 11.8 Å². The highest BCUT2D eigenvalue weighted by Crippen LogP contribution is 2.39. The minimum Gasteiger partial charge on any atom is -0.380 e. The Balaban J connectivity index is 1.40. The van der Waals surface area contributed by atoms with Crippen LogP contribution in [-0.2, 0) is 14.6 Å². The molecule has 0 saturated carbocycles. The van der Waals surface area contributed by atoms with Crippen molar-refractivity contribution < 1.29 is 13.2 Å². The highest BCUT2D eigenvalue weighted by molar-refractivity contribution is 7.90. The summed E-state index contributed by atoms with van der Waals surface area (Å²) in [5.74, 6) is 2.28. The highest BCUT2D eigenvalue weighted by Gasteiger charge is 2.38. The standard InChI is InChI=1S/C29H37N7O3S/c1-18(2)22-6-7-25(36-16-21(19(36)3)17-40(5,37)38)24-14-32-28(12-23(22)24)33-27-8-10-31-29(34-27)35-11-9-26(39-4)20(13-30)15-35/h6-8,10,12,14,18-21,26H,9,11,15-17H2,1-5H3,(H,31,32,33,34)/t19-,20+,21-,26+/m1/s1. The van der Waals surface area contributed by atoms with Crippen molar-refractivity contribution in [3.05, 3.63) is 42.2 Å². The van der Waals surface area contributed by atoms with Crippen LogP contribution < -0.4 is 15.1 Å². The summed E-state index contributed by atoms with van der Waals surface area (Å²) in [7, 11) is -1.37. The fraction of sp³-hybridized carbons (Fsp3) is 0.517. The molecule has 3 aromatic rings. The lowest BCUT2D eigenvalue weighted by Gasteiger charge is -2.48. The second-order valence-electron chi connectivity index (χ2n) is 11.3. The first-order chi connectivity index (χ1) is 19.1. The SMILES string of the molecule is CO[C@H]1CCN(c2nccc(Nc3cc4c(C(C)C)ccc(N5C[C@H](CS(C)(=O)=O)[C@H]5C)c4cn3)n2)C[C@@H]1C#N. The van der Waals surface area contributed by atoms with E-state index in [-0.39, 0.29) is 29.7 Å². The van der Waals surface area contributed by atoms with Crippen molar-refractivity contribution in [3.8, 4) is 6.07 Å². The summed E-state index contributed by atoms with van der Waals surface area (Å²) in [4.78, 5) is 18.2. The average Bonchev–Trinajstić information content (AvgIpc) is 2.93. The Morgan fingerprint density at radius 2 is 1.98 bits per heavy atom. The maximum absolute atomic E-state index is 11.8. The molecular formula is C29H37N7O3S. The molecule has 4 atom stereocenters. The van der Waals surface area contributed by atoms with E-state index in [2.05, 4.69) is 60.2 Å². The molecule has 2 aromatic heterocycles. The van der Waals surface area contributed by atoms with Crippen LogP contribution in [-0.4, -0.2) is 74.3 Å². The number of methoxy groups -OCH3 is 1. The average molecular weight is 564 g/mol. The molecule has 0 amide bonds. The van der Waals surface area contributed by atoms with Gasteiger partial charge in [0.2, 0.25) is 5.95 Å². The number of hydrogen-bond acceptors (Lipinski definition) is 10. The molecule has 0 radical (unpaired) electrons. The predicted molar refractivity (Wildman–Crippen MR) is 158 cm³/mol. The molecule has 0 aliphatic carbocycles. The summed E-state index contributed by atoms with van der Waals surface area (Å²) in [6, 6.07) is 10.7. The lowest BCUT2D eigenvalue weighted by Crippen LogP contribution is -2.57. The number of fused-ring (bicyclic) bond motifs is 1. The van der Waals surface area contributed by atoms with Crippen molar-refractivity contribution in [1.29, 1.82) is 5.26 Å². The Morgan fingerprint density at radius 3 is 2.65 bits per heavy atom.